The molecule has 1 fully saturated rings. The Kier molecular flexibility index (Phi) is 8.60. The van der Waals surface area contributed by atoms with Crippen LogP contribution in [0, 0.1) is 6.92 Å². The first-order valence-electron chi connectivity index (χ1n) is 11.0. The van der Waals surface area contributed by atoms with Gasteiger partial charge in [0.15, 0.2) is 5.96 Å². The van der Waals surface area contributed by atoms with Gasteiger partial charge in [0.25, 0.3) is 0 Å². The highest BCUT2D eigenvalue weighted by Crippen LogP contribution is 2.30. The van der Waals surface area contributed by atoms with Crippen LogP contribution in [0.15, 0.2) is 53.5 Å². The summed E-state index contributed by atoms with van der Waals surface area (Å²) in [5, 5.41) is 7.01. The third kappa shape index (κ3) is 5.46. The molecular formula is C24H33IN6O. The highest BCUT2D eigenvalue weighted by Gasteiger charge is 2.25. The van der Waals surface area contributed by atoms with Crippen molar-refractivity contribution in [1.29, 1.82) is 0 Å². The summed E-state index contributed by atoms with van der Waals surface area (Å²) in [6, 6.07) is 16.8. The molecule has 0 spiro atoms. The monoisotopic (exact) mass is 548 g/mol. The number of nitrogens with zero attached hydrogens (tertiary/aromatic N) is 4. The summed E-state index contributed by atoms with van der Waals surface area (Å²) in [6.07, 6.45) is 1.06. The summed E-state index contributed by atoms with van der Waals surface area (Å²) in [4.78, 5) is 11.9. The number of imidazole rings is 1. The molecule has 0 bridgehead atoms. The zero-order chi connectivity index (χ0) is 21.6. The topological polar surface area (TPSA) is 66.7 Å². The summed E-state index contributed by atoms with van der Waals surface area (Å²) in [6.45, 7) is 8.41. The number of anilines is 1. The van der Waals surface area contributed by atoms with Crippen LogP contribution in [0.3, 0.4) is 0 Å². The van der Waals surface area contributed by atoms with Gasteiger partial charge in [0, 0.05) is 32.2 Å². The van der Waals surface area contributed by atoms with E-state index >= 15 is 0 Å². The van der Waals surface area contributed by atoms with Gasteiger partial charge in [-0.1, -0.05) is 24.3 Å². The third-order valence-corrected chi connectivity index (χ3v) is 5.74. The molecule has 7 nitrogen and oxygen atoms in total. The number of ether oxygens (including phenoxy) is 1. The van der Waals surface area contributed by atoms with E-state index < -0.39 is 0 Å². The van der Waals surface area contributed by atoms with Gasteiger partial charge in [0.1, 0.15) is 11.6 Å². The maximum absolute atomic E-state index is 5.54. The predicted octanol–water partition coefficient (Wildman–Crippen LogP) is 3.81. The Bertz CT molecular complexity index is 1050. The molecule has 2 heterocycles. The molecule has 0 radical (unpaired) electrons. The lowest BCUT2D eigenvalue weighted by Gasteiger charge is -2.22. The number of guanidine groups is 1. The first-order valence-corrected chi connectivity index (χ1v) is 11.0. The van der Waals surface area contributed by atoms with E-state index in [-0.39, 0.29) is 24.0 Å². The standard InChI is InChI=1S/C24H32N6O.HI/c1-4-25-24(26-14-16-30-18(2)27-20-9-5-6-10-21(20)30)28-19-13-15-29(17-19)22-11-7-8-12-23(22)31-3;/h5-12,19H,4,13-17H2,1-3H3,(H2,25,26,28);1H. The van der Waals surface area contributed by atoms with E-state index in [1.165, 1.54) is 0 Å². The third-order valence-electron chi connectivity index (χ3n) is 5.74. The Morgan fingerprint density at radius 1 is 1.19 bits per heavy atom. The van der Waals surface area contributed by atoms with Crippen LogP contribution in [0.4, 0.5) is 5.69 Å². The number of para-hydroxylation sites is 4. The van der Waals surface area contributed by atoms with Crippen molar-refractivity contribution in [3.8, 4) is 5.75 Å². The average molecular weight is 548 g/mol. The second-order valence-corrected chi connectivity index (χ2v) is 7.81. The number of aromatic nitrogens is 2. The molecule has 172 valence electrons. The van der Waals surface area contributed by atoms with Crippen LogP contribution in [0.2, 0.25) is 0 Å². The van der Waals surface area contributed by atoms with Crippen molar-refractivity contribution < 1.29 is 4.74 Å². The smallest absolute Gasteiger partial charge is 0.191 e. The average Bonchev–Trinajstić information content (AvgIpc) is 3.38. The number of methoxy groups -OCH3 is 1. The molecule has 32 heavy (non-hydrogen) atoms. The number of hydrogen-bond donors (Lipinski definition) is 2. The molecular weight excluding hydrogens is 515 g/mol. The van der Waals surface area contributed by atoms with Gasteiger partial charge in [-0.05, 0) is 44.5 Å². The van der Waals surface area contributed by atoms with Crippen LogP contribution in [0.5, 0.6) is 5.75 Å². The summed E-state index contributed by atoms with van der Waals surface area (Å²) >= 11 is 0. The molecule has 2 N–H and O–H groups in total. The molecule has 0 amide bonds. The Balaban J connectivity index is 0.00000289. The number of aliphatic imine (C=N–C) groups is 1. The number of hydrogen-bond acceptors (Lipinski definition) is 4. The quantitative estimate of drug-likeness (QED) is 0.267. The molecule has 0 aliphatic carbocycles. The van der Waals surface area contributed by atoms with Gasteiger partial charge in [0.2, 0.25) is 0 Å². The van der Waals surface area contributed by atoms with Crippen molar-refractivity contribution in [3.05, 3.63) is 54.4 Å². The second kappa shape index (κ2) is 11.4. The first-order chi connectivity index (χ1) is 15.2. The lowest BCUT2D eigenvalue weighted by molar-refractivity contribution is 0.415. The summed E-state index contributed by atoms with van der Waals surface area (Å²) in [5.74, 6) is 2.82. The molecule has 8 heteroatoms. The maximum atomic E-state index is 5.54. The molecule has 1 aromatic heterocycles. The second-order valence-electron chi connectivity index (χ2n) is 7.81. The highest BCUT2D eigenvalue weighted by molar-refractivity contribution is 14.0. The molecule has 3 aromatic rings. The van der Waals surface area contributed by atoms with E-state index in [4.69, 9.17) is 9.73 Å². The fourth-order valence-electron chi connectivity index (χ4n) is 4.24. The molecule has 1 atom stereocenters. The van der Waals surface area contributed by atoms with Gasteiger partial charge < -0.3 is 24.8 Å². The zero-order valence-corrected chi connectivity index (χ0v) is 21.4. The van der Waals surface area contributed by atoms with Gasteiger partial charge in [-0.2, -0.15) is 0 Å². The van der Waals surface area contributed by atoms with E-state index in [0.29, 0.717) is 12.6 Å². The Morgan fingerprint density at radius 3 is 2.78 bits per heavy atom. The van der Waals surface area contributed by atoms with Crippen LogP contribution >= 0.6 is 24.0 Å². The molecule has 2 aromatic carbocycles. The van der Waals surface area contributed by atoms with E-state index in [9.17, 15) is 0 Å². The van der Waals surface area contributed by atoms with Crippen LogP contribution in [0.25, 0.3) is 11.0 Å². The number of rotatable bonds is 7. The van der Waals surface area contributed by atoms with E-state index in [1.54, 1.807) is 7.11 Å². The minimum absolute atomic E-state index is 0. The molecule has 1 saturated heterocycles. The van der Waals surface area contributed by atoms with Gasteiger partial charge in [0.05, 0.1) is 30.4 Å². The summed E-state index contributed by atoms with van der Waals surface area (Å²) in [7, 11) is 1.73. The molecule has 1 aliphatic rings. The van der Waals surface area contributed by atoms with Crippen molar-refractivity contribution in [2.45, 2.75) is 32.9 Å². The van der Waals surface area contributed by atoms with Crippen LogP contribution in [-0.2, 0) is 6.54 Å². The van der Waals surface area contributed by atoms with Crippen molar-refractivity contribution in [3.63, 3.8) is 0 Å². The normalized spacial score (nSPS) is 16.2. The van der Waals surface area contributed by atoms with Crippen molar-refractivity contribution in [1.82, 2.24) is 20.2 Å². The molecule has 1 aliphatic heterocycles. The lowest BCUT2D eigenvalue weighted by atomic mass is 10.2. The number of fused-ring (bicyclic) bond motifs is 1. The number of benzene rings is 2. The fourth-order valence-corrected chi connectivity index (χ4v) is 4.24. The fraction of sp³-hybridized carbons (Fsp3) is 0.417. The van der Waals surface area contributed by atoms with Crippen LogP contribution in [0.1, 0.15) is 19.2 Å². The van der Waals surface area contributed by atoms with Gasteiger partial charge in [-0.15, -0.1) is 24.0 Å². The summed E-state index contributed by atoms with van der Waals surface area (Å²) in [5.41, 5.74) is 3.35. The van der Waals surface area contributed by atoms with Gasteiger partial charge in [-0.3, -0.25) is 4.99 Å². The van der Waals surface area contributed by atoms with Gasteiger partial charge in [-0.25, -0.2) is 4.98 Å². The minimum Gasteiger partial charge on any atom is -0.495 e. The predicted molar refractivity (Wildman–Crippen MR) is 143 cm³/mol. The largest absolute Gasteiger partial charge is 0.495 e. The number of halogens is 1. The van der Waals surface area contributed by atoms with E-state index in [0.717, 1.165) is 66.9 Å². The van der Waals surface area contributed by atoms with Crippen LogP contribution < -0.4 is 20.3 Å². The minimum atomic E-state index is 0. The Morgan fingerprint density at radius 2 is 1.97 bits per heavy atom. The summed E-state index contributed by atoms with van der Waals surface area (Å²) < 4.78 is 7.77. The Labute approximate surface area is 207 Å². The van der Waals surface area contributed by atoms with Crippen molar-refractivity contribution >= 4 is 46.7 Å². The van der Waals surface area contributed by atoms with Gasteiger partial charge >= 0.3 is 0 Å². The highest BCUT2D eigenvalue weighted by atomic mass is 127. The molecule has 4 rings (SSSR count). The molecule has 1 unspecified atom stereocenters. The maximum Gasteiger partial charge on any atom is 0.191 e. The number of aryl methyl sites for hydroxylation is 1. The van der Waals surface area contributed by atoms with Crippen LogP contribution in [-0.4, -0.2) is 54.8 Å². The zero-order valence-electron chi connectivity index (χ0n) is 19.0. The number of nitrogens with one attached hydrogen (secondary N) is 2. The first kappa shape index (κ1) is 24.2. The Hall–Kier alpha value is -2.49. The van der Waals surface area contributed by atoms with Crippen molar-refractivity contribution in [2.75, 3.05) is 38.2 Å². The molecule has 0 saturated carbocycles. The lowest BCUT2D eigenvalue weighted by Crippen LogP contribution is -2.44. The SMILES string of the molecule is CCNC(=NCCn1c(C)nc2ccccc21)NC1CCN(c2ccccc2OC)C1.I. The van der Waals surface area contributed by atoms with E-state index in [1.807, 2.05) is 18.2 Å². The van der Waals surface area contributed by atoms with Crippen molar-refractivity contribution in [2.24, 2.45) is 4.99 Å². The van der Waals surface area contributed by atoms with E-state index in [2.05, 4.69) is 69.3 Å².